The second-order valence-corrected chi connectivity index (χ2v) is 5.83. The van der Waals surface area contributed by atoms with Gasteiger partial charge in [0, 0.05) is 17.2 Å². The molecular formula is C13H17ClN4O2S. The quantitative estimate of drug-likeness (QED) is 0.464. The summed E-state index contributed by atoms with van der Waals surface area (Å²) in [6, 6.07) is 1.80. The summed E-state index contributed by atoms with van der Waals surface area (Å²) < 4.78 is 0. The van der Waals surface area contributed by atoms with Gasteiger partial charge in [0.25, 0.3) is 0 Å². The Labute approximate surface area is 132 Å². The first kappa shape index (κ1) is 17.6. The molecule has 8 heteroatoms. The molecule has 2 atom stereocenters. The minimum atomic E-state index is -0.169. The van der Waals surface area contributed by atoms with Crippen LogP contribution in [0.2, 0.25) is 5.15 Å². The summed E-state index contributed by atoms with van der Waals surface area (Å²) in [5, 5.41) is 18.9. The average Bonchev–Trinajstić information content (AvgIpc) is 3.10. The number of rotatable bonds is 1. The summed E-state index contributed by atoms with van der Waals surface area (Å²) in [5.74, 6) is 0.982. The van der Waals surface area contributed by atoms with Crippen LogP contribution in [0.25, 0.3) is 11.0 Å². The number of aliphatic hydroxyl groups is 2. The van der Waals surface area contributed by atoms with Crippen molar-refractivity contribution in [1.82, 2.24) is 15.0 Å². The van der Waals surface area contributed by atoms with Crippen LogP contribution in [0.3, 0.4) is 0 Å². The van der Waals surface area contributed by atoms with E-state index in [1.54, 1.807) is 24.0 Å². The average molecular weight is 329 g/mol. The zero-order chi connectivity index (χ0) is 15.8. The number of nitrogens with one attached hydrogen (secondary N) is 1. The van der Waals surface area contributed by atoms with Crippen LogP contribution in [-0.2, 0) is 0 Å². The third-order valence-corrected chi connectivity index (χ3v) is 4.33. The van der Waals surface area contributed by atoms with Crippen LogP contribution in [0.4, 0.5) is 5.95 Å². The van der Waals surface area contributed by atoms with E-state index in [9.17, 15) is 0 Å². The lowest BCUT2D eigenvalue weighted by Crippen LogP contribution is -2.08. The summed E-state index contributed by atoms with van der Waals surface area (Å²) in [7, 11) is 0. The number of aromatic amines is 1. The standard InChI is InChI=1S/C6H5ClN4.C5H10O2S.C2H2/c7-4-3-1-2-9-5(3)11-6(8)10-4;6-2-5-1-4(7)3-8-5;1-2/h1-2H,(H3,8,9,10,11);4-7H,1-3H2;1-2H. The van der Waals surface area contributed by atoms with Gasteiger partial charge < -0.3 is 20.9 Å². The third kappa shape index (κ3) is 5.10. The lowest BCUT2D eigenvalue weighted by molar-refractivity contribution is 0.184. The Hall–Kier alpha value is -1.46. The normalized spacial score (nSPS) is 20.2. The van der Waals surface area contributed by atoms with Crippen LogP contribution in [-0.4, -0.2) is 48.9 Å². The van der Waals surface area contributed by atoms with Crippen LogP contribution in [0.5, 0.6) is 0 Å². The van der Waals surface area contributed by atoms with Gasteiger partial charge in [-0.25, -0.2) is 4.98 Å². The molecule has 0 saturated carbocycles. The summed E-state index contributed by atoms with van der Waals surface area (Å²) in [5.41, 5.74) is 6.03. The highest BCUT2D eigenvalue weighted by atomic mass is 35.5. The first-order valence-corrected chi connectivity index (χ1v) is 7.52. The molecule has 1 aliphatic rings. The zero-order valence-electron chi connectivity index (χ0n) is 11.2. The highest BCUT2D eigenvalue weighted by molar-refractivity contribution is 8.00. The molecule has 0 bridgehead atoms. The molecule has 2 aromatic heterocycles. The number of nitrogens with two attached hydrogens (primary N) is 1. The molecule has 0 amide bonds. The number of nitrogens with zero attached hydrogens (tertiary/aromatic N) is 2. The Balaban J connectivity index is 0.000000196. The molecule has 6 nitrogen and oxygen atoms in total. The second-order valence-electron chi connectivity index (χ2n) is 4.14. The predicted molar refractivity (Wildman–Crippen MR) is 87.2 cm³/mol. The van der Waals surface area contributed by atoms with E-state index in [0.717, 1.165) is 17.6 Å². The largest absolute Gasteiger partial charge is 0.395 e. The highest BCUT2D eigenvalue weighted by Gasteiger charge is 2.21. The van der Waals surface area contributed by atoms with E-state index in [1.807, 2.05) is 0 Å². The van der Waals surface area contributed by atoms with Crippen molar-refractivity contribution in [3.8, 4) is 12.8 Å². The van der Waals surface area contributed by atoms with Gasteiger partial charge in [-0.1, -0.05) is 11.6 Å². The lowest BCUT2D eigenvalue weighted by Gasteiger charge is -1.99. The number of fused-ring (bicyclic) bond motifs is 1. The first-order chi connectivity index (χ1) is 10.1. The Bertz CT molecular complexity index is 590. The van der Waals surface area contributed by atoms with Crippen molar-refractivity contribution in [3.63, 3.8) is 0 Å². The molecule has 1 saturated heterocycles. The molecule has 0 radical (unpaired) electrons. The molecule has 0 spiro atoms. The third-order valence-electron chi connectivity index (χ3n) is 2.65. The molecular weight excluding hydrogens is 312 g/mol. The fourth-order valence-corrected chi connectivity index (χ4v) is 3.07. The summed E-state index contributed by atoms with van der Waals surface area (Å²) in [6.07, 6.45) is 10.3. The Kier molecular flexibility index (Phi) is 7.32. The molecule has 21 heavy (non-hydrogen) atoms. The maximum Gasteiger partial charge on any atom is 0.223 e. The summed E-state index contributed by atoms with van der Waals surface area (Å²) in [6.45, 7) is 0.210. The van der Waals surface area contributed by atoms with Crippen LogP contribution < -0.4 is 5.73 Å². The molecule has 2 unspecified atom stereocenters. The van der Waals surface area contributed by atoms with Gasteiger partial charge in [0.15, 0.2) is 0 Å². The number of halogens is 1. The number of aliphatic hydroxyl groups excluding tert-OH is 2. The van der Waals surface area contributed by atoms with Gasteiger partial charge in [-0.3, -0.25) is 0 Å². The molecule has 114 valence electrons. The first-order valence-electron chi connectivity index (χ1n) is 6.10. The molecule has 0 aromatic carbocycles. The number of hydrogen-bond donors (Lipinski definition) is 4. The molecule has 1 fully saturated rings. The van der Waals surface area contributed by atoms with Gasteiger partial charge >= 0.3 is 0 Å². The second kappa shape index (κ2) is 8.74. The number of hydrogen-bond acceptors (Lipinski definition) is 6. The van der Waals surface area contributed by atoms with E-state index in [2.05, 4.69) is 27.8 Å². The van der Waals surface area contributed by atoms with Gasteiger partial charge in [0.1, 0.15) is 10.8 Å². The van der Waals surface area contributed by atoms with E-state index in [4.69, 9.17) is 27.5 Å². The Morgan fingerprint density at radius 3 is 2.71 bits per heavy atom. The van der Waals surface area contributed by atoms with Crippen molar-refractivity contribution in [1.29, 1.82) is 0 Å². The van der Waals surface area contributed by atoms with Crippen molar-refractivity contribution in [2.75, 3.05) is 18.1 Å². The smallest absolute Gasteiger partial charge is 0.223 e. The Morgan fingerprint density at radius 1 is 1.48 bits per heavy atom. The van der Waals surface area contributed by atoms with Crippen LogP contribution in [0, 0.1) is 12.8 Å². The number of anilines is 1. The molecule has 0 aliphatic carbocycles. The van der Waals surface area contributed by atoms with E-state index < -0.39 is 0 Å². The van der Waals surface area contributed by atoms with Crippen molar-refractivity contribution >= 4 is 40.3 Å². The fraction of sp³-hybridized carbons (Fsp3) is 0.385. The van der Waals surface area contributed by atoms with Crippen molar-refractivity contribution in [2.45, 2.75) is 17.8 Å². The zero-order valence-corrected chi connectivity index (χ0v) is 12.8. The van der Waals surface area contributed by atoms with Crippen molar-refractivity contribution in [3.05, 3.63) is 17.4 Å². The maximum absolute atomic E-state index is 8.90. The number of nitrogen functional groups attached to an aromatic ring is 1. The molecule has 3 heterocycles. The van der Waals surface area contributed by atoms with E-state index in [0.29, 0.717) is 16.1 Å². The van der Waals surface area contributed by atoms with E-state index in [-0.39, 0.29) is 18.7 Å². The number of H-pyrrole nitrogens is 1. The van der Waals surface area contributed by atoms with Gasteiger partial charge in [0.2, 0.25) is 5.95 Å². The van der Waals surface area contributed by atoms with Crippen LogP contribution in [0.1, 0.15) is 6.42 Å². The minimum Gasteiger partial charge on any atom is -0.395 e. The molecule has 1 aliphatic heterocycles. The SMILES string of the molecule is C#C.Nc1nc(Cl)c2cc[nH]c2n1.OCC1CC(O)CS1. The molecule has 3 rings (SSSR count). The van der Waals surface area contributed by atoms with Gasteiger partial charge in [0.05, 0.1) is 18.1 Å². The number of aromatic nitrogens is 3. The van der Waals surface area contributed by atoms with Crippen molar-refractivity contribution < 1.29 is 10.2 Å². The maximum atomic E-state index is 8.90. The van der Waals surface area contributed by atoms with E-state index >= 15 is 0 Å². The van der Waals surface area contributed by atoms with Gasteiger partial charge in [-0.05, 0) is 12.5 Å². The molecule has 5 N–H and O–H groups in total. The minimum absolute atomic E-state index is 0.169. The van der Waals surface area contributed by atoms with Gasteiger partial charge in [-0.15, -0.1) is 12.8 Å². The topological polar surface area (TPSA) is 108 Å². The van der Waals surface area contributed by atoms with Gasteiger partial charge in [-0.2, -0.15) is 16.7 Å². The summed E-state index contributed by atoms with van der Waals surface area (Å²) >= 11 is 7.40. The number of thioether (sulfide) groups is 1. The monoisotopic (exact) mass is 328 g/mol. The van der Waals surface area contributed by atoms with Crippen LogP contribution in [0.15, 0.2) is 12.3 Å². The predicted octanol–water partition coefficient (Wildman–Crippen LogP) is 1.29. The Morgan fingerprint density at radius 2 is 2.19 bits per heavy atom. The summed E-state index contributed by atoms with van der Waals surface area (Å²) in [4.78, 5) is 10.6. The van der Waals surface area contributed by atoms with Crippen molar-refractivity contribution in [2.24, 2.45) is 0 Å². The molecule has 2 aromatic rings. The fourth-order valence-electron chi connectivity index (χ4n) is 1.73. The van der Waals surface area contributed by atoms with Crippen LogP contribution >= 0.6 is 23.4 Å². The van der Waals surface area contributed by atoms with E-state index in [1.165, 1.54) is 0 Å². The number of terminal acetylenes is 1. The lowest BCUT2D eigenvalue weighted by atomic mass is 10.2. The highest BCUT2D eigenvalue weighted by Crippen LogP contribution is 2.25.